The highest BCUT2D eigenvalue weighted by Crippen LogP contribution is 2.44. The van der Waals surface area contributed by atoms with E-state index in [1.165, 1.54) is 39.1 Å². The van der Waals surface area contributed by atoms with E-state index in [0.717, 1.165) is 19.4 Å². The van der Waals surface area contributed by atoms with Gasteiger partial charge in [0, 0.05) is 24.2 Å². The van der Waals surface area contributed by atoms with Crippen LogP contribution in [0.2, 0.25) is 0 Å². The number of fused-ring (bicyclic) bond motifs is 3. The normalized spacial score (nSPS) is 18.1. The van der Waals surface area contributed by atoms with Crippen LogP contribution in [0.3, 0.4) is 0 Å². The first-order chi connectivity index (χ1) is 13.4. The molecule has 0 bridgehead atoms. The van der Waals surface area contributed by atoms with Crippen molar-refractivity contribution < 1.29 is 0 Å². The third-order valence-corrected chi connectivity index (χ3v) is 5.98. The Kier molecular flexibility index (Phi) is 3.12. The Morgan fingerprint density at radius 3 is 2.41 bits per heavy atom. The van der Waals surface area contributed by atoms with Gasteiger partial charge in [-0.3, -0.25) is 10.0 Å². The summed E-state index contributed by atoms with van der Waals surface area (Å²) in [7, 11) is 0. The average molecular weight is 351 g/mol. The van der Waals surface area contributed by atoms with Crippen molar-refractivity contribution in [1.29, 1.82) is 0 Å². The standard InChI is InChI=1S/C24H21N3/c1-4-10-20-18(8-1)15-21(25-20)24-16-19-9-3-6-12-23(19)27(24)26-14-13-17-7-2-5-11-22(17)26/h1-12,15,24-25H,13-14,16H2. The number of H-pyrrole nitrogens is 1. The molecule has 0 radical (unpaired) electrons. The molecule has 4 aromatic rings. The minimum atomic E-state index is 0.293. The van der Waals surface area contributed by atoms with Crippen molar-refractivity contribution in [3.05, 3.63) is 95.7 Å². The van der Waals surface area contributed by atoms with Crippen molar-refractivity contribution in [3.8, 4) is 0 Å². The Hall–Kier alpha value is -3.20. The first-order valence-corrected chi connectivity index (χ1v) is 9.69. The van der Waals surface area contributed by atoms with Crippen molar-refractivity contribution in [2.45, 2.75) is 18.9 Å². The van der Waals surface area contributed by atoms with Crippen LogP contribution in [0, 0.1) is 0 Å². The molecule has 0 amide bonds. The third-order valence-electron chi connectivity index (χ3n) is 5.98. The van der Waals surface area contributed by atoms with Gasteiger partial charge < -0.3 is 4.98 Å². The van der Waals surface area contributed by atoms with Crippen LogP contribution in [0.5, 0.6) is 0 Å². The maximum Gasteiger partial charge on any atom is 0.0945 e. The summed E-state index contributed by atoms with van der Waals surface area (Å²) in [5.74, 6) is 0. The van der Waals surface area contributed by atoms with Crippen molar-refractivity contribution >= 4 is 22.3 Å². The monoisotopic (exact) mass is 351 g/mol. The van der Waals surface area contributed by atoms with Crippen molar-refractivity contribution in [2.24, 2.45) is 0 Å². The minimum Gasteiger partial charge on any atom is -0.357 e. The highest BCUT2D eigenvalue weighted by molar-refractivity contribution is 5.81. The van der Waals surface area contributed by atoms with E-state index in [9.17, 15) is 0 Å². The van der Waals surface area contributed by atoms with Crippen LogP contribution in [0.4, 0.5) is 11.4 Å². The third kappa shape index (κ3) is 2.21. The summed E-state index contributed by atoms with van der Waals surface area (Å²) in [5.41, 5.74) is 8.04. The second-order valence-electron chi connectivity index (χ2n) is 7.51. The number of aromatic nitrogens is 1. The zero-order valence-corrected chi connectivity index (χ0v) is 15.1. The van der Waals surface area contributed by atoms with Crippen LogP contribution >= 0.6 is 0 Å². The van der Waals surface area contributed by atoms with E-state index < -0.39 is 0 Å². The van der Waals surface area contributed by atoms with Crippen LogP contribution in [0.15, 0.2) is 78.9 Å². The summed E-state index contributed by atoms with van der Waals surface area (Å²) in [6, 6.07) is 28.8. The summed E-state index contributed by atoms with van der Waals surface area (Å²) in [5, 5.41) is 6.29. The summed E-state index contributed by atoms with van der Waals surface area (Å²) >= 11 is 0. The van der Waals surface area contributed by atoms with Crippen LogP contribution in [0.1, 0.15) is 22.9 Å². The predicted octanol–water partition coefficient (Wildman–Crippen LogP) is 5.25. The van der Waals surface area contributed by atoms with Gasteiger partial charge in [-0.1, -0.05) is 54.6 Å². The van der Waals surface area contributed by atoms with Gasteiger partial charge in [-0.15, -0.1) is 0 Å². The van der Waals surface area contributed by atoms with Gasteiger partial charge in [-0.2, -0.15) is 0 Å². The zero-order valence-electron chi connectivity index (χ0n) is 15.1. The lowest BCUT2D eigenvalue weighted by Gasteiger charge is -2.37. The van der Waals surface area contributed by atoms with Gasteiger partial charge in [0.05, 0.1) is 17.4 Å². The maximum absolute atomic E-state index is 3.68. The van der Waals surface area contributed by atoms with E-state index >= 15 is 0 Å². The number of hydrogen-bond donors (Lipinski definition) is 1. The Morgan fingerprint density at radius 2 is 1.52 bits per heavy atom. The Bertz CT molecular complexity index is 1110. The van der Waals surface area contributed by atoms with Crippen LogP contribution in [-0.4, -0.2) is 11.5 Å². The molecule has 2 aliphatic rings. The van der Waals surface area contributed by atoms with E-state index in [0.29, 0.717) is 6.04 Å². The topological polar surface area (TPSA) is 22.3 Å². The summed E-state index contributed by atoms with van der Waals surface area (Å²) in [6.07, 6.45) is 2.13. The number of nitrogens with one attached hydrogen (secondary N) is 1. The summed E-state index contributed by atoms with van der Waals surface area (Å²) in [4.78, 5) is 3.68. The molecule has 6 rings (SSSR count). The molecule has 27 heavy (non-hydrogen) atoms. The number of para-hydroxylation sites is 3. The van der Waals surface area contributed by atoms with E-state index in [1.54, 1.807) is 0 Å². The van der Waals surface area contributed by atoms with Gasteiger partial charge in [-0.25, -0.2) is 0 Å². The van der Waals surface area contributed by atoms with Gasteiger partial charge in [0.1, 0.15) is 0 Å². The molecular weight excluding hydrogens is 330 g/mol. The molecule has 0 aliphatic carbocycles. The molecule has 2 aliphatic heterocycles. The highest BCUT2D eigenvalue weighted by Gasteiger charge is 2.37. The average Bonchev–Trinajstić information content (AvgIpc) is 3.41. The van der Waals surface area contributed by atoms with E-state index in [1.807, 2.05) is 0 Å². The molecule has 0 saturated heterocycles. The van der Waals surface area contributed by atoms with Crippen LogP contribution < -0.4 is 10.0 Å². The predicted molar refractivity (Wildman–Crippen MR) is 111 cm³/mol. The number of rotatable bonds is 2. The number of anilines is 2. The number of aromatic amines is 1. The minimum absolute atomic E-state index is 0.293. The molecule has 1 aromatic heterocycles. The van der Waals surface area contributed by atoms with E-state index in [2.05, 4.69) is 93.9 Å². The quantitative estimate of drug-likeness (QED) is 0.533. The van der Waals surface area contributed by atoms with Gasteiger partial charge in [-0.05, 0) is 47.2 Å². The summed E-state index contributed by atoms with van der Waals surface area (Å²) in [6.45, 7) is 1.03. The van der Waals surface area contributed by atoms with Crippen LogP contribution in [-0.2, 0) is 12.8 Å². The number of hydrazine groups is 1. The molecule has 3 heteroatoms. The largest absolute Gasteiger partial charge is 0.357 e. The number of nitrogens with zero attached hydrogens (tertiary/aromatic N) is 2. The lowest BCUT2D eigenvalue weighted by molar-refractivity contribution is 0.620. The first-order valence-electron chi connectivity index (χ1n) is 9.69. The van der Waals surface area contributed by atoms with Gasteiger partial charge in [0.25, 0.3) is 0 Å². The summed E-state index contributed by atoms with van der Waals surface area (Å²) < 4.78 is 0. The zero-order chi connectivity index (χ0) is 17.8. The molecule has 0 spiro atoms. The molecule has 132 valence electrons. The fourth-order valence-electron chi connectivity index (χ4n) is 4.73. The highest BCUT2D eigenvalue weighted by atomic mass is 15.7. The van der Waals surface area contributed by atoms with Crippen LogP contribution in [0.25, 0.3) is 10.9 Å². The Morgan fingerprint density at radius 1 is 0.778 bits per heavy atom. The van der Waals surface area contributed by atoms with Crippen molar-refractivity contribution in [3.63, 3.8) is 0 Å². The molecule has 1 N–H and O–H groups in total. The van der Waals surface area contributed by atoms with Gasteiger partial charge in [0.15, 0.2) is 0 Å². The maximum atomic E-state index is 3.68. The van der Waals surface area contributed by atoms with E-state index in [4.69, 9.17) is 0 Å². The van der Waals surface area contributed by atoms with Crippen molar-refractivity contribution in [2.75, 3.05) is 16.6 Å². The molecule has 1 atom stereocenters. The van der Waals surface area contributed by atoms with Crippen molar-refractivity contribution in [1.82, 2.24) is 4.98 Å². The fourth-order valence-corrected chi connectivity index (χ4v) is 4.73. The Balaban J connectivity index is 1.50. The first kappa shape index (κ1) is 14.9. The molecule has 3 heterocycles. The molecule has 3 nitrogen and oxygen atoms in total. The number of benzene rings is 3. The molecule has 3 aromatic carbocycles. The second kappa shape index (κ2) is 5.65. The SMILES string of the molecule is c1ccc2c(c1)CCN2N1c2ccccc2CC1c1cc2ccccc2[nH]1. The lowest BCUT2D eigenvalue weighted by Crippen LogP contribution is -2.42. The fraction of sp³-hybridized carbons (Fsp3) is 0.167. The van der Waals surface area contributed by atoms with E-state index in [-0.39, 0.29) is 0 Å². The van der Waals surface area contributed by atoms with Gasteiger partial charge in [0.2, 0.25) is 0 Å². The molecule has 1 unspecified atom stereocenters. The second-order valence-corrected chi connectivity index (χ2v) is 7.51. The smallest absolute Gasteiger partial charge is 0.0945 e. The number of hydrogen-bond acceptors (Lipinski definition) is 2. The Labute approximate surface area is 158 Å². The molecule has 0 saturated carbocycles. The molecule has 0 fully saturated rings. The molecular formula is C24H21N3. The lowest BCUT2D eigenvalue weighted by atomic mass is 10.1. The van der Waals surface area contributed by atoms with Gasteiger partial charge >= 0.3 is 0 Å².